The maximum Gasteiger partial charge on any atom is 0.272 e. The summed E-state index contributed by atoms with van der Waals surface area (Å²) < 4.78 is 0. The molecule has 0 aliphatic rings. The molecule has 1 aromatic carbocycles. The SMILES string of the molecule is Cc1cc(/C(Cl)=N\O)ccc1[N+](=O)[O-]. The molecule has 0 aliphatic carbocycles. The second-order valence-corrected chi connectivity index (χ2v) is 3.01. The molecule has 74 valence electrons. The van der Waals surface area contributed by atoms with E-state index in [9.17, 15) is 10.1 Å². The van der Waals surface area contributed by atoms with E-state index in [1.54, 1.807) is 6.92 Å². The van der Waals surface area contributed by atoms with Crippen LogP contribution in [0.1, 0.15) is 11.1 Å². The molecule has 0 radical (unpaired) electrons. The monoisotopic (exact) mass is 214 g/mol. The molecule has 0 spiro atoms. The Morgan fingerprint density at radius 1 is 1.64 bits per heavy atom. The van der Waals surface area contributed by atoms with Gasteiger partial charge in [-0.25, -0.2) is 0 Å². The van der Waals surface area contributed by atoms with Crippen LogP contribution in [0.25, 0.3) is 0 Å². The Balaban J connectivity index is 3.19. The van der Waals surface area contributed by atoms with Gasteiger partial charge in [0.25, 0.3) is 5.69 Å². The molecule has 0 fully saturated rings. The lowest BCUT2D eigenvalue weighted by Gasteiger charge is -1.99. The molecule has 0 heterocycles. The maximum atomic E-state index is 10.5. The van der Waals surface area contributed by atoms with Crippen molar-refractivity contribution in [3.63, 3.8) is 0 Å². The van der Waals surface area contributed by atoms with E-state index in [4.69, 9.17) is 16.8 Å². The number of oxime groups is 1. The molecule has 0 aliphatic heterocycles. The van der Waals surface area contributed by atoms with Crippen LogP contribution < -0.4 is 0 Å². The zero-order chi connectivity index (χ0) is 10.7. The smallest absolute Gasteiger partial charge is 0.272 e. The van der Waals surface area contributed by atoms with Crippen molar-refractivity contribution in [3.05, 3.63) is 39.4 Å². The summed E-state index contributed by atoms with van der Waals surface area (Å²) in [6, 6.07) is 4.23. The zero-order valence-electron chi connectivity index (χ0n) is 7.27. The number of nitro groups is 1. The number of halogens is 1. The third kappa shape index (κ3) is 2.00. The van der Waals surface area contributed by atoms with Crippen molar-refractivity contribution in [2.75, 3.05) is 0 Å². The molecule has 1 aromatic rings. The topological polar surface area (TPSA) is 75.7 Å². The van der Waals surface area contributed by atoms with Crippen LogP contribution in [0.2, 0.25) is 0 Å². The highest BCUT2D eigenvalue weighted by atomic mass is 35.5. The number of nitrogens with zero attached hydrogens (tertiary/aromatic N) is 2. The minimum Gasteiger partial charge on any atom is -0.410 e. The van der Waals surface area contributed by atoms with E-state index in [1.165, 1.54) is 18.2 Å². The summed E-state index contributed by atoms with van der Waals surface area (Å²) in [5.41, 5.74) is 0.919. The summed E-state index contributed by atoms with van der Waals surface area (Å²) in [4.78, 5) is 9.98. The average Bonchev–Trinajstić information content (AvgIpc) is 2.15. The Morgan fingerprint density at radius 2 is 2.29 bits per heavy atom. The number of benzene rings is 1. The van der Waals surface area contributed by atoms with Gasteiger partial charge in [-0.05, 0) is 19.1 Å². The van der Waals surface area contributed by atoms with Gasteiger partial charge in [0.2, 0.25) is 0 Å². The Morgan fingerprint density at radius 3 is 2.71 bits per heavy atom. The van der Waals surface area contributed by atoms with Crippen LogP contribution in [-0.4, -0.2) is 15.3 Å². The summed E-state index contributed by atoms with van der Waals surface area (Å²) in [5, 5.41) is 21.5. The van der Waals surface area contributed by atoms with Gasteiger partial charge in [0.1, 0.15) is 0 Å². The Kier molecular flexibility index (Phi) is 3.03. The Labute approximate surface area is 84.8 Å². The molecular formula is C8H7ClN2O3. The molecule has 0 saturated carbocycles. The summed E-state index contributed by atoms with van der Waals surface area (Å²) in [6.45, 7) is 1.59. The minimum atomic E-state index is -0.483. The molecule has 0 bridgehead atoms. The van der Waals surface area contributed by atoms with Gasteiger partial charge < -0.3 is 5.21 Å². The summed E-state index contributed by atoms with van der Waals surface area (Å²) >= 11 is 5.52. The van der Waals surface area contributed by atoms with Crippen molar-refractivity contribution in [1.29, 1.82) is 0 Å². The van der Waals surface area contributed by atoms with Gasteiger partial charge in [0, 0.05) is 17.2 Å². The number of hydrogen-bond acceptors (Lipinski definition) is 4. The van der Waals surface area contributed by atoms with Gasteiger partial charge in [0.15, 0.2) is 5.17 Å². The van der Waals surface area contributed by atoms with Crippen LogP contribution in [-0.2, 0) is 0 Å². The van der Waals surface area contributed by atoms with Crippen molar-refractivity contribution >= 4 is 22.5 Å². The van der Waals surface area contributed by atoms with Crippen LogP contribution >= 0.6 is 11.6 Å². The second kappa shape index (κ2) is 4.06. The van der Waals surface area contributed by atoms with E-state index in [0.717, 1.165) is 0 Å². The standard InChI is InChI=1S/C8H7ClN2O3/c1-5-4-6(8(9)10-12)2-3-7(5)11(13)14/h2-4,12H,1H3/b10-8+. The first-order valence-electron chi connectivity index (χ1n) is 3.69. The van der Waals surface area contributed by atoms with Crippen molar-refractivity contribution in [1.82, 2.24) is 0 Å². The third-order valence-corrected chi connectivity index (χ3v) is 2.01. The molecule has 0 saturated heterocycles. The molecule has 0 unspecified atom stereocenters. The number of aryl methyl sites for hydroxylation is 1. The molecule has 1 N–H and O–H groups in total. The molecule has 1 rings (SSSR count). The van der Waals surface area contributed by atoms with Crippen molar-refractivity contribution in [3.8, 4) is 0 Å². The summed E-state index contributed by atoms with van der Waals surface area (Å²) in [7, 11) is 0. The lowest BCUT2D eigenvalue weighted by atomic mass is 10.1. The van der Waals surface area contributed by atoms with Crippen LogP contribution in [0.3, 0.4) is 0 Å². The predicted molar refractivity (Wildman–Crippen MR) is 52.0 cm³/mol. The number of nitro benzene ring substituents is 1. The summed E-state index contributed by atoms with van der Waals surface area (Å²) in [5.74, 6) is 0. The third-order valence-electron chi connectivity index (χ3n) is 1.72. The van der Waals surface area contributed by atoms with Crippen LogP contribution in [0.15, 0.2) is 23.4 Å². The Hall–Kier alpha value is -1.62. The molecule has 0 amide bonds. The molecule has 0 aromatic heterocycles. The van der Waals surface area contributed by atoms with Crippen LogP contribution in [0.4, 0.5) is 5.69 Å². The van der Waals surface area contributed by atoms with Crippen LogP contribution in [0, 0.1) is 17.0 Å². The maximum absolute atomic E-state index is 10.5. The molecule has 14 heavy (non-hydrogen) atoms. The second-order valence-electron chi connectivity index (χ2n) is 2.65. The largest absolute Gasteiger partial charge is 0.410 e. The van der Waals surface area contributed by atoms with Crippen molar-refractivity contribution in [2.45, 2.75) is 6.92 Å². The van der Waals surface area contributed by atoms with Gasteiger partial charge in [0.05, 0.1) is 4.92 Å². The van der Waals surface area contributed by atoms with E-state index in [0.29, 0.717) is 11.1 Å². The number of hydrogen-bond donors (Lipinski definition) is 1. The average molecular weight is 215 g/mol. The first-order chi connectivity index (χ1) is 6.56. The molecule has 6 heteroatoms. The number of rotatable bonds is 2. The van der Waals surface area contributed by atoms with Crippen LogP contribution in [0.5, 0.6) is 0 Å². The van der Waals surface area contributed by atoms with Gasteiger partial charge in [-0.1, -0.05) is 16.8 Å². The van der Waals surface area contributed by atoms with E-state index in [1.807, 2.05) is 0 Å². The fourth-order valence-corrected chi connectivity index (χ4v) is 1.16. The Bertz CT molecular complexity index is 404. The van der Waals surface area contributed by atoms with Gasteiger partial charge in [-0.2, -0.15) is 0 Å². The van der Waals surface area contributed by atoms with Gasteiger partial charge >= 0.3 is 0 Å². The van der Waals surface area contributed by atoms with E-state index >= 15 is 0 Å². The summed E-state index contributed by atoms with van der Waals surface area (Å²) in [6.07, 6.45) is 0. The highest BCUT2D eigenvalue weighted by Crippen LogP contribution is 2.19. The first kappa shape index (κ1) is 10.5. The lowest BCUT2D eigenvalue weighted by Crippen LogP contribution is -1.96. The fraction of sp³-hybridized carbons (Fsp3) is 0.125. The molecule has 5 nitrogen and oxygen atoms in total. The first-order valence-corrected chi connectivity index (χ1v) is 4.07. The van der Waals surface area contributed by atoms with E-state index in [-0.39, 0.29) is 10.9 Å². The van der Waals surface area contributed by atoms with Crippen molar-refractivity contribution in [2.24, 2.45) is 5.16 Å². The fourth-order valence-electron chi connectivity index (χ4n) is 1.05. The predicted octanol–water partition coefficient (Wildman–Crippen LogP) is 2.28. The van der Waals surface area contributed by atoms with E-state index in [2.05, 4.69) is 5.16 Å². The quantitative estimate of drug-likeness (QED) is 0.355. The van der Waals surface area contributed by atoms with Gasteiger partial charge in [-0.3, -0.25) is 10.1 Å². The highest BCUT2D eigenvalue weighted by molar-refractivity contribution is 6.69. The molecular weight excluding hydrogens is 208 g/mol. The molecule has 0 atom stereocenters. The lowest BCUT2D eigenvalue weighted by molar-refractivity contribution is -0.385. The normalized spacial score (nSPS) is 11.4. The zero-order valence-corrected chi connectivity index (χ0v) is 8.02. The minimum absolute atomic E-state index is 0.0103. The van der Waals surface area contributed by atoms with E-state index < -0.39 is 4.92 Å². The van der Waals surface area contributed by atoms with Gasteiger partial charge in [-0.15, -0.1) is 0 Å². The highest BCUT2D eigenvalue weighted by Gasteiger charge is 2.11. The van der Waals surface area contributed by atoms with Crippen molar-refractivity contribution < 1.29 is 10.1 Å².